The molecule has 0 fully saturated rings. The van der Waals surface area contributed by atoms with Gasteiger partial charge in [0.2, 0.25) is 0 Å². The predicted octanol–water partition coefficient (Wildman–Crippen LogP) is -0.677. The van der Waals surface area contributed by atoms with Crippen LogP contribution in [0.3, 0.4) is 0 Å². The van der Waals surface area contributed by atoms with Gasteiger partial charge in [-0.2, -0.15) is 0 Å². The van der Waals surface area contributed by atoms with Crippen molar-refractivity contribution in [3.63, 3.8) is 0 Å². The van der Waals surface area contributed by atoms with Crippen LogP contribution in [0.4, 0.5) is 18.6 Å². The average molecular weight is 255 g/mol. The third-order valence-electron chi connectivity index (χ3n) is 2.17. The van der Waals surface area contributed by atoms with Crippen molar-refractivity contribution in [2.24, 2.45) is 0 Å². The number of aldehydes is 1. The van der Waals surface area contributed by atoms with E-state index in [0.29, 0.717) is 11.8 Å². The largest absolute Gasteiger partial charge is 1.00 e. The molecular formula is C9H10BF3KNO. The van der Waals surface area contributed by atoms with Crippen molar-refractivity contribution < 1.29 is 69.1 Å². The molecule has 0 aliphatic rings. The summed E-state index contributed by atoms with van der Waals surface area (Å²) in [6.07, 6.45) is -0.514. The molecule has 1 aromatic rings. The zero-order chi connectivity index (χ0) is 11.6. The van der Waals surface area contributed by atoms with Crippen molar-refractivity contribution in [1.82, 2.24) is 0 Å². The van der Waals surface area contributed by atoms with Crippen LogP contribution in [0.15, 0.2) is 12.1 Å². The Morgan fingerprint density at radius 2 is 1.94 bits per heavy atom. The monoisotopic (exact) mass is 255 g/mol. The number of halogens is 3. The maximum Gasteiger partial charge on any atom is 1.00 e. The molecule has 0 atom stereocenters. The van der Waals surface area contributed by atoms with Gasteiger partial charge in [-0.1, -0.05) is 17.9 Å². The molecule has 1 rings (SSSR count). The smallest absolute Gasteiger partial charge is 0.449 e. The minimum atomic E-state index is -4.91. The van der Waals surface area contributed by atoms with Gasteiger partial charge in [-0.25, -0.2) is 0 Å². The first kappa shape index (κ1) is 16.2. The van der Waals surface area contributed by atoms with Gasteiger partial charge in [0.1, 0.15) is 6.29 Å². The van der Waals surface area contributed by atoms with Crippen molar-refractivity contribution in [2.75, 3.05) is 5.73 Å². The van der Waals surface area contributed by atoms with E-state index in [1.165, 1.54) is 19.1 Å². The van der Waals surface area contributed by atoms with Crippen molar-refractivity contribution in [1.29, 1.82) is 0 Å². The number of nitrogens with two attached hydrogens (primary N) is 1. The molecule has 2 N–H and O–H groups in total. The molecule has 0 aromatic heterocycles. The number of hydrogen-bond acceptors (Lipinski definition) is 2. The number of benzene rings is 1. The van der Waals surface area contributed by atoms with Gasteiger partial charge in [0.05, 0.1) is 0 Å². The Kier molecular flexibility index (Phi) is 6.28. The Labute approximate surface area is 134 Å². The normalized spacial score (nSPS) is 10.8. The predicted molar refractivity (Wildman–Crippen MR) is 53.8 cm³/mol. The molecular weight excluding hydrogens is 245 g/mol. The van der Waals surface area contributed by atoms with E-state index in [1.54, 1.807) is 0 Å². The molecule has 0 aliphatic heterocycles. The second-order valence-electron chi connectivity index (χ2n) is 3.43. The number of hydrogen-bond donors (Lipinski definition) is 1. The molecule has 7 heteroatoms. The van der Waals surface area contributed by atoms with E-state index in [4.69, 9.17) is 5.73 Å². The summed E-state index contributed by atoms with van der Waals surface area (Å²) in [6, 6.07) is 2.60. The van der Waals surface area contributed by atoms with Gasteiger partial charge in [0, 0.05) is 11.3 Å². The maximum atomic E-state index is 12.2. The number of anilines is 1. The van der Waals surface area contributed by atoms with E-state index in [1.807, 2.05) is 0 Å². The summed E-state index contributed by atoms with van der Waals surface area (Å²) in [5.74, 6) is 0. The minimum Gasteiger partial charge on any atom is -0.449 e. The van der Waals surface area contributed by atoms with Gasteiger partial charge in [-0.3, -0.25) is 4.79 Å². The van der Waals surface area contributed by atoms with Gasteiger partial charge in [-0.05, 0) is 18.6 Å². The summed E-state index contributed by atoms with van der Waals surface area (Å²) < 4.78 is 36.7. The van der Waals surface area contributed by atoms with E-state index < -0.39 is 13.3 Å². The molecule has 0 spiro atoms. The van der Waals surface area contributed by atoms with E-state index in [2.05, 4.69) is 0 Å². The second-order valence-corrected chi connectivity index (χ2v) is 3.43. The Morgan fingerprint density at radius 3 is 2.38 bits per heavy atom. The van der Waals surface area contributed by atoms with Crippen LogP contribution < -0.4 is 57.1 Å². The average Bonchev–Trinajstić information content (AvgIpc) is 2.10. The molecule has 0 amide bonds. The Hall–Kier alpha value is 0.181. The second kappa shape index (κ2) is 6.21. The van der Waals surface area contributed by atoms with Crippen molar-refractivity contribution in [3.05, 3.63) is 28.8 Å². The van der Waals surface area contributed by atoms with Gasteiger partial charge < -0.3 is 18.7 Å². The third-order valence-corrected chi connectivity index (χ3v) is 2.17. The van der Waals surface area contributed by atoms with Crippen LogP contribution in [0.2, 0.25) is 0 Å². The SMILES string of the molecule is Cc1c(N)cc(C=O)cc1C[B-](F)(F)F.[K+]. The molecule has 0 heterocycles. The Bertz CT molecular complexity index is 395. The quantitative estimate of drug-likeness (QED) is 0.442. The minimum absolute atomic E-state index is 0. The zero-order valence-electron chi connectivity index (χ0n) is 9.14. The van der Waals surface area contributed by atoms with E-state index >= 15 is 0 Å². The first-order valence-corrected chi connectivity index (χ1v) is 4.38. The van der Waals surface area contributed by atoms with E-state index in [9.17, 15) is 17.7 Å². The van der Waals surface area contributed by atoms with Gasteiger partial charge >= 0.3 is 58.4 Å². The number of carbonyl (C=O) groups is 1. The zero-order valence-corrected chi connectivity index (χ0v) is 12.3. The number of carbonyl (C=O) groups excluding carboxylic acids is 1. The Morgan fingerprint density at radius 1 is 1.38 bits per heavy atom. The first-order valence-electron chi connectivity index (χ1n) is 4.38. The van der Waals surface area contributed by atoms with E-state index in [-0.39, 0.29) is 68.2 Å². The van der Waals surface area contributed by atoms with Crippen LogP contribution in [-0.2, 0) is 6.32 Å². The topological polar surface area (TPSA) is 43.1 Å². The molecule has 2 nitrogen and oxygen atoms in total. The molecule has 0 saturated carbocycles. The molecule has 0 unspecified atom stereocenters. The van der Waals surface area contributed by atoms with Gasteiger partial charge in [-0.15, -0.1) is 0 Å². The van der Waals surface area contributed by atoms with Crippen molar-refractivity contribution >= 4 is 19.0 Å². The fourth-order valence-corrected chi connectivity index (χ4v) is 1.35. The molecule has 82 valence electrons. The standard InChI is InChI=1S/C9H10BF3NO.K/c1-6-8(4-10(11,12)13)2-7(5-15)3-9(6)14;/h2-3,5H,4,14H2,1H3;/q-1;+1. The molecule has 0 bridgehead atoms. The third kappa shape index (κ3) is 4.59. The summed E-state index contributed by atoms with van der Waals surface area (Å²) in [7, 11) is 0. The Balaban J connectivity index is 0.00000225. The molecule has 16 heavy (non-hydrogen) atoms. The van der Waals surface area contributed by atoms with Crippen molar-refractivity contribution in [2.45, 2.75) is 13.2 Å². The summed E-state index contributed by atoms with van der Waals surface area (Å²) >= 11 is 0. The van der Waals surface area contributed by atoms with Crippen LogP contribution >= 0.6 is 0 Å². The number of nitrogen functional groups attached to an aromatic ring is 1. The fraction of sp³-hybridized carbons (Fsp3) is 0.222. The summed E-state index contributed by atoms with van der Waals surface area (Å²) in [5.41, 5.74) is 6.35. The van der Waals surface area contributed by atoms with E-state index in [0.717, 1.165) is 0 Å². The van der Waals surface area contributed by atoms with Crippen LogP contribution in [0.25, 0.3) is 0 Å². The van der Waals surface area contributed by atoms with Crippen LogP contribution in [0, 0.1) is 6.92 Å². The van der Waals surface area contributed by atoms with Crippen LogP contribution in [-0.4, -0.2) is 13.3 Å². The van der Waals surface area contributed by atoms with Gasteiger partial charge in [0.25, 0.3) is 0 Å². The van der Waals surface area contributed by atoms with Crippen molar-refractivity contribution in [3.8, 4) is 0 Å². The summed E-state index contributed by atoms with van der Waals surface area (Å²) in [4.78, 5) is 10.5. The molecule has 1 aromatic carbocycles. The van der Waals surface area contributed by atoms with Crippen LogP contribution in [0.1, 0.15) is 21.5 Å². The molecule has 0 saturated heterocycles. The van der Waals surface area contributed by atoms with Crippen LogP contribution in [0.5, 0.6) is 0 Å². The first-order chi connectivity index (χ1) is 6.83. The van der Waals surface area contributed by atoms with Gasteiger partial charge in [0.15, 0.2) is 0 Å². The summed E-state index contributed by atoms with van der Waals surface area (Å²) in [5, 5.41) is 0. The summed E-state index contributed by atoms with van der Waals surface area (Å²) in [6.45, 7) is -3.39. The molecule has 0 aliphatic carbocycles. The number of rotatable bonds is 3. The fourth-order valence-electron chi connectivity index (χ4n) is 1.35. The maximum absolute atomic E-state index is 12.2. The molecule has 0 radical (unpaired) electrons.